The highest BCUT2D eigenvalue weighted by atomic mass is 127. The second-order valence-corrected chi connectivity index (χ2v) is 8.25. The van der Waals surface area contributed by atoms with E-state index in [1.165, 1.54) is 11.3 Å². The summed E-state index contributed by atoms with van der Waals surface area (Å²) in [5.74, 6) is 1.76. The Morgan fingerprint density at radius 2 is 1.93 bits per heavy atom. The molecule has 0 aliphatic heterocycles. The normalized spacial score (nSPS) is 11.7. The Kier molecular flexibility index (Phi) is 9.52. The first-order valence-corrected chi connectivity index (χ1v) is 9.71. The van der Waals surface area contributed by atoms with Gasteiger partial charge < -0.3 is 15.0 Å². The van der Waals surface area contributed by atoms with Crippen LogP contribution in [0.15, 0.2) is 34.6 Å². The number of nitrogens with zero attached hydrogens (tertiary/aromatic N) is 3. The van der Waals surface area contributed by atoms with E-state index >= 15 is 0 Å². The van der Waals surface area contributed by atoms with Gasteiger partial charge in [0.1, 0.15) is 5.75 Å². The molecule has 0 atom stereocenters. The maximum atomic E-state index is 5.21. The van der Waals surface area contributed by atoms with Crippen LogP contribution in [0.5, 0.6) is 5.75 Å². The average molecular weight is 502 g/mol. The van der Waals surface area contributed by atoms with Crippen LogP contribution in [-0.4, -0.2) is 43.6 Å². The summed E-state index contributed by atoms with van der Waals surface area (Å²) in [6.45, 7) is 8.19. The zero-order valence-corrected chi connectivity index (χ0v) is 20.2. The van der Waals surface area contributed by atoms with Crippen molar-refractivity contribution in [2.75, 3.05) is 27.7 Å². The molecule has 0 bridgehead atoms. The first kappa shape index (κ1) is 23.7. The molecule has 0 fully saturated rings. The third-order valence-electron chi connectivity index (χ3n) is 4.09. The summed E-state index contributed by atoms with van der Waals surface area (Å²) in [7, 11) is 5.54. The summed E-state index contributed by atoms with van der Waals surface area (Å²) in [6.07, 6.45) is 0.899. The highest BCUT2D eigenvalue weighted by Gasteiger charge is 2.17. The molecule has 0 unspecified atom stereocenters. The third-order valence-corrected chi connectivity index (χ3v) is 5.00. The van der Waals surface area contributed by atoms with Crippen LogP contribution >= 0.6 is 35.3 Å². The molecule has 0 amide bonds. The zero-order chi connectivity index (χ0) is 19.2. The predicted molar refractivity (Wildman–Crippen MR) is 126 cm³/mol. The van der Waals surface area contributed by atoms with E-state index in [4.69, 9.17) is 9.72 Å². The molecular weight excluding hydrogens is 471 g/mol. The van der Waals surface area contributed by atoms with Gasteiger partial charge in [-0.15, -0.1) is 35.3 Å². The SMILES string of the molecule is CN=C(NCCc1nc(C(C)(C)C)cs1)N(C)Cc1ccc(OC)cc1.I. The largest absolute Gasteiger partial charge is 0.497 e. The number of guanidine groups is 1. The number of thiazole rings is 1. The number of ether oxygens (including phenoxy) is 1. The smallest absolute Gasteiger partial charge is 0.193 e. The predicted octanol–water partition coefficient (Wildman–Crippen LogP) is 4.32. The highest BCUT2D eigenvalue weighted by molar-refractivity contribution is 14.0. The van der Waals surface area contributed by atoms with E-state index in [9.17, 15) is 0 Å². The van der Waals surface area contributed by atoms with Crippen LogP contribution < -0.4 is 10.1 Å². The summed E-state index contributed by atoms with van der Waals surface area (Å²) in [5.41, 5.74) is 2.49. The molecule has 27 heavy (non-hydrogen) atoms. The van der Waals surface area contributed by atoms with Gasteiger partial charge in [0.2, 0.25) is 0 Å². The van der Waals surface area contributed by atoms with Gasteiger partial charge in [-0.2, -0.15) is 0 Å². The molecule has 5 nitrogen and oxygen atoms in total. The summed E-state index contributed by atoms with van der Waals surface area (Å²) in [6, 6.07) is 8.11. The minimum absolute atomic E-state index is 0. The number of methoxy groups -OCH3 is 1. The van der Waals surface area contributed by atoms with Crippen molar-refractivity contribution in [2.45, 2.75) is 39.2 Å². The van der Waals surface area contributed by atoms with Crippen molar-refractivity contribution in [3.8, 4) is 5.75 Å². The maximum Gasteiger partial charge on any atom is 0.193 e. The number of halogens is 1. The Morgan fingerprint density at radius 3 is 2.44 bits per heavy atom. The number of nitrogens with one attached hydrogen (secondary N) is 1. The quantitative estimate of drug-likeness (QED) is 0.363. The van der Waals surface area contributed by atoms with Crippen LogP contribution in [0.25, 0.3) is 0 Å². The number of aromatic nitrogens is 1. The molecule has 1 heterocycles. The van der Waals surface area contributed by atoms with Crippen molar-refractivity contribution in [1.29, 1.82) is 0 Å². The van der Waals surface area contributed by atoms with Crippen molar-refractivity contribution in [3.05, 3.63) is 45.9 Å². The van der Waals surface area contributed by atoms with Crippen molar-refractivity contribution in [3.63, 3.8) is 0 Å². The van der Waals surface area contributed by atoms with Gasteiger partial charge in [0, 0.05) is 44.4 Å². The molecule has 0 aliphatic rings. The van der Waals surface area contributed by atoms with Gasteiger partial charge >= 0.3 is 0 Å². The minimum atomic E-state index is 0. The monoisotopic (exact) mass is 502 g/mol. The van der Waals surface area contributed by atoms with Crippen LogP contribution in [0, 0.1) is 0 Å². The van der Waals surface area contributed by atoms with Gasteiger partial charge in [-0.1, -0.05) is 32.9 Å². The molecular formula is C20H31IN4OS. The first-order valence-electron chi connectivity index (χ1n) is 8.83. The van der Waals surface area contributed by atoms with Gasteiger partial charge in [-0.3, -0.25) is 4.99 Å². The Hall–Kier alpha value is -1.35. The van der Waals surface area contributed by atoms with Gasteiger partial charge in [0.25, 0.3) is 0 Å². The van der Waals surface area contributed by atoms with Gasteiger partial charge in [-0.25, -0.2) is 4.98 Å². The van der Waals surface area contributed by atoms with Gasteiger partial charge in [0.15, 0.2) is 5.96 Å². The van der Waals surface area contributed by atoms with E-state index in [-0.39, 0.29) is 29.4 Å². The molecule has 0 spiro atoms. The number of hydrogen-bond acceptors (Lipinski definition) is 4. The first-order chi connectivity index (χ1) is 12.3. The number of aliphatic imine (C=N–C) groups is 1. The van der Waals surface area contributed by atoms with Crippen molar-refractivity contribution in [2.24, 2.45) is 4.99 Å². The second-order valence-electron chi connectivity index (χ2n) is 7.30. The van der Waals surface area contributed by atoms with Crippen LogP contribution in [0.4, 0.5) is 0 Å². The molecule has 1 aromatic heterocycles. The van der Waals surface area contributed by atoms with E-state index in [0.29, 0.717) is 0 Å². The fourth-order valence-corrected chi connectivity index (χ4v) is 3.54. The van der Waals surface area contributed by atoms with E-state index in [0.717, 1.165) is 36.2 Å². The van der Waals surface area contributed by atoms with Crippen LogP contribution in [0.2, 0.25) is 0 Å². The summed E-state index contributed by atoms with van der Waals surface area (Å²) in [4.78, 5) is 11.2. The number of hydrogen-bond donors (Lipinski definition) is 1. The van der Waals surface area contributed by atoms with E-state index < -0.39 is 0 Å². The Balaban J connectivity index is 0.00000364. The fourth-order valence-electron chi connectivity index (χ4n) is 2.52. The summed E-state index contributed by atoms with van der Waals surface area (Å²) in [5, 5.41) is 6.76. The van der Waals surface area contributed by atoms with Crippen LogP contribution in [0.1, 0.15) is 37.0 Å². The zero-order valence-electron chi connectivity index (χ0n) is 17.1. The standard InChI is InChI=1S/C20H30N4OS.HI/c1-20(2,3)17-14-26-18(23-17)11-12-22-19(21-4)24(5)13-15-7-9-16(25-6)10-8-15;/h7-10,14H,11-13H2,1-6H3,(H,21,22);1H. The molecule has 0 saturated carbocycles. The molecule has 7 heteroatoms. The van der Waals surface area contributed by atoms with E-state index in [1.54, 1.807) is 18.4 Å². The molecule has 1 aromatic carbocycles. The summed E-state index contributed by atoms with van der Waals surface area (Å²) >= 11 is 1.73. The molecule has 0 saturated heterocycles. The molecule has 1 N–H and O–H groups in total. The van der Waals surface area contributed by atoms with Crippen molar-refractivity contribution < 1.29 is 4.74 Å². The Labute approximate surface area is 184 Å². The van der Waals surface area contributed by atoms with Crippen LogP contribution in [-0.2, 0) is 18.4 Å². The lowest BCUT2D eigenvalue weighted by Gasteiger charge is -2.22. The molecule has 2 aromatic rings. The summed E-state index contributed by atoms with van der Waals surface area (Å²) < 4.78 is 5.21. The molecule has 0 aliphatic carbocycles. The van der Waals surface area contributed by atoms with Crippen molar-refractivity contribution >= 4 is 41.3 Å². The lowest BCUT2D eigenvalue weighted by Crippen LogP contribution is -2.39. The maximum absolute atomic E-state index is 5.21. The van der Waals surface area contributed by atoms with Crippen LogP contribution in [0.3, 0.4) is 0 Å². The lowest BCUT2D eigenvalue weighted by molar-refractivity contribution is 0.414. The highest BCUT2D eigenvalue weighted by Crippen LogP contribution is 2.23. The molecule has 150 valence electrons. The third kappa shape index (κ3) is 7.29. The average Bonchev–Trinajstić information content (AvgIpc) is 3.08. The Morgan fingerprint density at radius 1 is 1.26 bits per heavy atom. The molecule has 0 radical (unpaired) electrons. The van der Waals surface area contributed by atoms with Gasteiger partial charge in [-0.05, 0) is 17.7 Å². The molecule has 2 rings (SSSR count). The lowest BCUT2D eigenvalue weighted by atomic mass is 9.93. The van der Waals surface area contributed by atoms with Gasteiger partial charge in [0.05, 0.1) is 17.8 Å². The topological polar surface area (TPSA) is 49.8 Å². The fraction of sp³-hybridized carbons (Fsp3) is 0.500. The van der Waals surface area contributed by atoms with E-state index in [1.807, 2.05) is 26.2 Å². The number of benzene rings is 1. The minimum Gasteiger partial charge on any atom is -0.497 e. The number of rotatable bonds is 6. The Bertz CT molecular complexity index is 722. The van der Waals surface area contributed by atoms with E-state index in [2.05, 4.69) is 53.5 Å². The second kappa shape index (κ2) is 10.8. The van der Waals surface area contributed by atoms with Crippen molar-refractivity contribution in [1.82, 2.24) is 15.2 Å².